The first-order chi connectivity index (χ1) is 13.3. The van der Waals surface area contributed by atoms with Gasteiger partial charge in [0.05, 0.1) is 18.8 Å². The van der Waals surface area contributed by atoms with Crippen LogP contribution in [0.15, 0.2) is 66.7 Å². The molecule has 1 saturated heterocycles. The van der Waals surface area contributed by atoms with E-state index in [0.717, 1.165) is 25.4 Å². The molecule has 4 nitrogen and oxygen atoms in total. The van der Waals surface area contributed by atoms with E-state index in [1.54, 1.807) is 0 Å². The third-order valence-corrected chi connectivity index (χ3v) is 5.14. The maximum atomic E-state index is 10.6. The van der Waals surface area contributed by atoms with Gasteiger partial charge in [0, 0.05) is 31.7 Å². The molecular weight excluding hydrogens is 336 g/mol. The standard InChI is InChI=1S/C23H25N2O2/c26-23(12-15-27-21-8-2-1-3-9-21)22-17-25(14-13-24-22)20-11-10-18-6-4-5-7-19(18)16-20/h2-11,16,22-24,26H,12-15,17H2/t22-,23-/m0/s1. The molecule has 1 heterocycles. The molecule has 1 aliphatic rings. The predicted molar refractivity (Wildman–Crippen MR) is 109 cm³/mol. The molecular formula is C23H25N2O2. The van der Waals surface area contributed by atoms with Gasteiger partial charge in [-0.15, -0.1) is 0 Å². The number of benzene rings is 3. The molecule has 0 bridgehead atoms. The van der Waals surface area contributed by atoms with Gasteiger partial charge in [0.2, 0.25) is 0 Å². The summed E-state index contributed by atoms with van der Waals surface area (Å²) < 4.78 is 5.71. The van der Waals surface area contributed by atoms with Crippen molar-refractivity contribution in [2.75, 3.05) is 31.1 Å². The van der Waals surface area contributed by atoms with Gasteiger partial charge in [0.25, 0.3) is 0 Å². The first-order valence-electron chi connectivity index (χ1n) is 9.54. The van der Waals surface area contributed by atoms with Crippen LogP contribution < -0.4 is 15.0 Å². The van der Waals surface area contributed by atoms with Crippen LogP contribution in [0.5, 0.6) is 5.75 Å². The zero-order valence-electron chi connectivity index (χ0n) is 15.3. The predicted octanol–water partition coefficient (Wildman–Crippen LogP) is 3.25. The molecule has 0 aliphatic carbocycles. The molecule has 139 valence electrons. The highest BCUT2D eigenvalue weighted by Crippen LogP contribution is 2.23. The van der Waals surface area contributed by atoms with Crippen LogP contribution >= 0.6 is 0 Å². The highest BCUT2D eigenvalue weighted by molar-refractivity contribution is 5.85. The second-order valence-electron chi connectivity index (χ2n) is 6.98. The summed E-state index contributed by atoms with van der Waals surface area (Å²) in [6, 6.07) is 25.4. The summed E-state index contributed by atoms with van der Waals surface area (Å²) in [7, 11) is 0. The molecule has 0 amide bonds. The molecule has 27 heavy (non-hydrogen) atoms. The summed E-state index contributed by atoms with van der Waals surface area (Å²) in [5.41, 5.74) is 1.21. The molecule has 1 aliphatic heterocycles. The first kappa shape index (κ1) is 17.8. The number of piperazine rings is 1. The van der Waals surface area contributed by atoms with Crippen molar-refractivity contribution < 1.29 is 9.84 Å². The van der Waals surface area contributed by atoms with Crippen LogP contribution in [0.4, 0.5) is 5.69 Å². The summed E-state index contributed by atoms with van der Waals surface area (Å²) in [5, 5.41) is 16.6. The summed E-state index contributed by atoms with van der Waals surface area (Å²) in [5.74, 6) is 0.815. The van der Waals surface area contributed by atoms with Gasteiger partial charge in [-0.05, 0) is 41.1 Å². The van der Waals surface area contributed by atoms with Crippen LogP contribution in [0.25, 0.3) is 10.8 Å². The lowest BCUT2D eigenvalue weighted by atomic mass is 10.0. The molecule has 0 unspecified atom stereocenters. The number of aliphatic hydroxyl groups excluding tert-OH is 1. The van der Waals surface area contributed by atoms with Gasteiger partial charge in [0.1, 0.15) is 5.75 Å². The Balaban J connectivity index is 1.35. The molecule has 1 fully saturated rings. The number of ether oxygens (including phenoxy) is 1. The molecule has 0 aromatic heterocycles. The van der Waals surface area contributed by atoms with Crippen molar-refractivity contribution in [1.82, 2.24) is 5.32 Å². The molecule has 3 aromatic rings. The number of nitrogens with one attached hydrogen (secondary N) is 1. The molecule has 0 spiro atoms. The Hall–Kier alpha value is -2.56. The van der Waals surface area contributed by atoms with Gasteiger partial charge < -0.3 is 20.1 Å². The number of nitrogens with zero attached hydrogens (tertiary/aromatic N) is 1. The van der Waals surface area contributed by atoms with Crippen molar-refractivity contribution in [3.63, 3.8) is 0 Å². The van der Waals surface area contributed by atoms with E-state index in [0.29, 0.717) is 13.0 Å². The third kappa shape index (κ3) is 4.41. The van der Waals surface area contributed by atoms with Crippen LogP contribution in [0.3, 0.4) is 0 Å². The fourth-order valence-electron chi connectivity index (χ4n) is 3.61. The number of hydrogen-bond donors (Lipinski definition) is 2. The third-order valence-electron chi connectivity index (χ3n) is 5.14. The van der Waals surface area contributed by atoms with E-state index in [9.17, 15) is 5.11 Å². The summed E-state index contributed by atoms with van der Waals surface area (Å²) >= 11 is 0. The van der Waals surface area contributed by atoms with Gasteiger partial charge in [0.15, 0.2) is 0 Å². The van der Waals surface area contributed by atoms with Crippen molar-refractivity contribution in [2.24, 2.45) is 0 Å². The maximum absolute atomic E-state index is 10.6. The van der Waals surface area contributed by atoms with E-state index in [-0.39, 0.29) is 6.04 Å². The fraction of sp³-hybridized carbons (Fsp3) is 0.304. The number of rotatable bonds is 6. The average molecular weight is 361 g/mol. The highest BCUT2D eigenvalue weighted by Gasteiger charge is 2.25. The zero-order valence-corrected chi connectivity index (χ0v) is 15.3. The Labute approximate surface area is 160 Å². The smallest absolute Gasteiger partial charge is 0.119 e. The van der Waals surface area contributed by atoms with Gasteiger partial charge in [-0.3, -0.25) is 0 Å². The van der Waals surface area contributed by atoms with Crippen molar-refractivity contribution in [1.29, 1.82) is 0 Å². The highest BCUT2D eigenvalue weighted by atomic mass is 16.5. The SMILES string of the molecule is O[C@@H](CCOc1cc[c]cc1)[C@@H]1CN(c2ccc3ccccc3c2)CCN1. The Morgan fingerprint density at radius 1 is 1.11 bits per heavy atom. The minimum absolute atomic E-state index is 0.0397. The zero-order chi connectivity index (χ0) is 18.5. The molecule has 0 saturated carbocycles. The molecule has 4 heteroatoms. The normalized spacial score (nSPS) is 18.4. The second-order valence-corrected chi connectivity index (χ2v) is 6.98. The van der Waals surface area contributed by atoms with E-state index >= 15 is 0 Å². The molecule has 3 aromatic carbocycles. The van der Waals surface area contributed by atoms with E-state index in [4.69, 9.17) is 4.74 Å². The van der Waals surface area contributed by atoms with E-state index in [2.05, 4.69) is 58.7 Å². The van der Waals surface area contributed by atoms with Crippen molar-refractivity contribution >= 4 is 16.5 Å². The maximum Gasteiger partial charge on any atom is 0.119 e. The fourth-order valence-corrected chi connectivity index (χ4v) is 3.61. The van der Waals surface area contributed by atoms with Gasteiger partial charge in [-0.1, -0.05) is 42.5 Å². The first-order valence-corrected chi connectivity index (χ1v) is 9.54. The van der Waals surface area contributed by atoms with Gasteiger partial charge in [-0.25, -0.2) is 0 Å². The topological polar surface area (TPSA) is 44.7 Å². The van der Waals surface area contributed by atoms with Crippen molar-refractivity contribution in [3.8, 4) is 5.75 Å². The quantitative estimate of drug-likeness (QED) is 0.707. The minimum atomic E-state index is -0.441. The minimum Gasteiger partial charge on any atom is -0.493 e. The van der Waals surface area contributed by atoms with Crippen LogP contribution in [-0.4, -0.2) is 43.5 Å². The summed E-state index contributed by atoms with van der Waals surface area (Å²) in [4.78, 5) is 2.35. The number of aliphatic hydroxyl groups is 1. The van der Waals surface area contributed by atoms with Gasteiger partial charge >= 0.3 is 0 Å². The lowest BCUT2D eigenvalue weighted by Crippen LogP contribution is -2.56. The van der Waals surface area contributed by atoms with E-state index in [1.165, 1.54) is 16.5 Å². The molecule has 4 rings (SSSR count). The van der Waals surface area contributed by atoms with E-state index in [1.807, 2.05) is 24.3 Å². The second kappa shape index (κ2) is 8.42. The van der Waals surface area contributed by atoms with Crippen molar-refractivity contribution in [2.45, 2.75) is 18.6 Å². The molecule has 2 N–H and O–H groups in total. The Kier molecular flexibility index (Phi) is 5.56. The number of anilines is 1. The summed E-state index contributed by atoms with van der Waals surface area (Å²) in [6.45, 7) is 3.10. The lowest BCUT2D eigenvalue weighted by Gasteiger charge is -2.37. The number of fused-ring (bicyclic) bond motifs is 1. The van der Waals surface area contributed by atoms with Crippen LogP contribution in [0.1, 0.15) is 6.42 Å². The van der Waals surface area contributed by atoms with Crippen LogP contribution in [0.2, 0.25) is 0 Å². The Morgan fingerprint density at radius 2 is 1.93 bits per heavy atom. The van der Waals surface area contributed by atoms with Crippen LogP contribution in [-0.2, 0) is 0 Å². The Bertz CT molecular complexity index is 868. The van der Waals surface area contributed by atoms with Crippen molar-refractivity contribution in [3.05, 3.63) is 72.8 Å². The van der Waals surface area contributed by atoms with Gasteiger partial charge in [-0.2, -0.15) is 0 Å². The monoisotopic (exact) mass is 361 g/mol. The average Bonchev–Trinajstić information content (AvgIpc) is 2.74. The summed E-state index contributed by atoms with van der Waals surface area (Å²) in [6.07, 6.45) is 0.158. The molecule has 2 atom stereocenters. The largest absolute Gasteiger partial charge is 0.493 e. The number of hydrogen-bond acceptors (Lipinski definition) is 4. The lowest BCUT2D eigenvalue weighted by molar-refractivity contribution is 0.0977. The Morgan fingerprint density at radius 3 is 2.78 bits per heavy atom. The molecule has 1 radical (unpaired) electrons. The van der Waals surface area contributed by atoms with E-state index < -0.39 is 6.10 Å². The van der Waals surface area contributed by atoms with Crippen LogP contribution in [0, 0.1) is 6.07 Å².